The fourth-order valence-corrected chi connectivity index (χ4v) is 3.46. The second kappa shape index (κ2) is 6.80. The van der Waals surface area contributed by atoms with Crippen LogP contribution in [0.5, 0.6) is 5.75 Å². The Balaban J connectivity index is 1.67. The number of fused-ring (bicyclic) bond motifs is 1. The van der Waals surface area contributed by atoms with Gasteiger partial charge in [-0.2, -0.15) is 0 Å². The highest BCUT2D eigenvalue weighted by Crippen LogP contribution is 2.32. The molecule has 26 heavy (non-hydrogen) atoms. The van der Waals surface area contributed by atoms with Crippen molar-refractivity contribution in [3.8, 4) is 5.75 Å². The lowest BCUT2D eigenvalue weighted by Crippen LogP contribution is -2.41. The summed E-state index contributed by atoms with van der Waals surface area (Å²) in [6.07, 6.45) is 0. The van der Waals surface area contributed by atoms with Crippen molar-refractivity contribution in [2.24, 2.45) is 0 Å². The van der Waals surface area contributed by atoms with Gasteiger partial charge in [0, 0.05) is 24.8 Å². The van der Waals surface area contributed by atoms with Crippen molar-refractivity contribution in [3.63, 3.8) is 0 Å². The maximum Gasteiger partial charge on any atom is 0.259 e. The van der Waals surface area contributed by atoms with Crippen molar-refractivity contribution >= 4 is 17.5 Å². The zero-order chi connectivity index (χ0) is 18.1. The number of hydrogen-bond donors (Lipinski definition) is 0. The minimum Gasteiger partial charge on any atom is -0.497 e. The molecule has 6 heteroatoms. The van der Waals surface area contributed by atoms with E-state index in [1.165, 1.54) is 0 Å². The number of amides is 2. The SMILES string of the molecule is COc1cccc(N2Cc3cccc(C(=O)N4CCOCC4)c3C2=O)c1. The molecule has 0 aliphatic carbocycles. The van der Waals surface area contributed by atoms with Gasteiger partial charge in [-0.3, -0.25) is 9.59 Å². The first-order valence-electron chi connectivity index (χ1n) is 8.64. The van der Waals surface area contributed by atoms with Crippen LogP contribution in [0.1, 0.15) is 26.3 Å². The molecule has 2 aromatic rings. The summed E-state index contributed by atoms with van der Waals surface area (Å²) < 4.78 is 10.6. The van der Waals surface area contributed by atoms with E-state index in [0.29, 0.717) is 49.7 Å². The first-order valence-corrected chi connectivity index (χ1v) is 8.64. The molecular weight excluding hydrogens is 332 g/mol. The fraction of sp³-hybridized carbons (Fsp3) is 0.300. The van der Waals surface area contributed by atoms with Gasteiger partial charge in [-0.15, -0.1) is 0 Å². The number of hydrogen-bond acceptors (Lipinski definition) is 4. The molecule has 4 rings (SSSR count). The van der Waals surface area contributed by atoms with E-state index >= 15 is 0 Å². The van der Waals surface area contributed by atoms with Crippen LogP contribution < -0.4 is 9.64 Å². The topological polar surface area (TPSA) is 59.1 Å². The number of methoxy groups -OCH3 is 1. The van der Waals surface area contributed by atoms with Gasteiger partial charge in [0.2, 0.25) is 0 Å². The van der Waals surface area contributed by atoms with Gasteiger partial charge < -0.3 is 19.3 Å². The number of benzene rings is 2. The zero-order valence-electron chi connectivity index (χ0n) is 14.6. The largest absolute Gasteiger partial charge is 0.497 e. The minimum absolute atomic E-state index is 0.106. The average Bonchev–Trinajstić information content (AvgIpc) is 3.05. The van der Waals surface area contributed by atoms with E-state index in [0.717, 1.165) is 11.3 Å². The zero-order valence-corrected chi connectivity index (χ0v) is 14.6. The molecular formula is C20H20N2O4. The lowest BCUT2D eigenvalue weighted by molar-refractivity contribution is 0.0302. The molecule has 1 saturated heterocycles. The Morgan fingerprint density at radius 1 is 1.12 bits per heavy atom. The third-order valence-corrected chi connectivity index (χ3v) is 4.83. The van der Waals surface area contributed by atoms with E-state index in [-0.39, 0.29) is 11.8 Å². The van der Waals surface area contributed by atoms with Gasteiger partial charge in [-0.1, -0.05) is 18.2 Å². The van der Waals surface area contributed by atoms with E-state index in [4.69, 9.17) is 9.47 Å². The van der Waals surface area contributed by atoms with Crippen molar-refractivity contribution in [2.75, 3.05) is 38.3 Å². The van der Waals surface area contributed by atoms with Crippen LogP contribution in [0, 0.1) is 0 Å². The van der Waals surface area contributed by atoms with Crippen LogP contribution in [0.3, 0.4) is 0 Å². The van der Waals surface area contributed by atoms with Crippen LogP contribution in [-0.2, 0) is 11.3 Å². The van der Waals surface area contributed by atoms with Crippen molar-refractivity contribution in [1.29, 1.82) is 0 Å². The van der Waals surface area contributed by atoms with Crippen molar-refractivity contribution in [3.05, 3.63) is 59.2 Å². The van der Waals surface area contributed by atoms with Crippen molar-refractivity contribution < 1.29 is 19.1 Å². The van der Waals surface area contributed by atoms with Crippen molar-refractivity contribution in [1.82, 2.24) is 4.90 Å². The summed E-state index contributed by atoms with van der Waals surface area (Å²) in [6.45, 7) is 2.62. The molecule has 0 bridgehead atoms. The van der Waals surface area contributed by atoms with Gasteiger partial charge >= 0.3 is 0 Å². The number of carbonyl (C=O) groups excluding carboxylic acids is 2. The standard InChI is InChI=1S/C20H20N2O4/c1-25-16-6-3-5-15(12-16)22-13-14-4-2-7-17(18(14)20(22)24)19(23)21-8-10-26-11-9-21/h2-7,12H,8-11,13H2,1H3. The second-order valence-corrected chi connectivity index (χ2v) is 6.34. The molecule has 134 valence electrons. The van der Waals surface area contributed by atoms with Crippen LogP contribution in [0.25, 0.3) is 0 Å². The Morgan fingerprint density at radius 2 is 1.88 bits per heavy atom. The molecule has 2 aromatic carbocycles. The molecule has 2 heterocycles. The maximum atomic E-state index is 13.1. The second-order valence-electron chi connectivity index (χ2n) is 6.34. The van der Waals surface area contributed by atoms with Gasteiger partial charge in [0.05, 0.1) is 38.0 Å². The summed E-state index contributed by atoms with van der Waals surface area (Å²) in [6, 6.07) is 12.9. The van der Waals surface area contributed by atoms with Gasteiger partial charge in [0.15, 0.2) is 0 Å². The van der Waals surface area contributed by atoms with Crippen LogP contribution in [0.2, 0.25) is 0 Å². The molecule has 0 atom stereocenters. The summed E-state index contributed by atoms with van der Waals surface area (Å²) in [5.41, 5.74) is 2.61. The van der Waals surface area contributed by atoms with E-state index < -0.39 is 0 Å². The van der Waals surface area contributed by atoms with Gasteiger partial charge in [-0.25, -0.2) is 0 Å². The Morgan fingerprint density at radius 3 is 2.65 bits per heavy atom. The monoisotopic (exact) mass is 352 g/mol. The van der Waals surface area contributed by atoms with Crippen LogP contribution in [-0.4, -0.2) is 50.1 Å². The minimum atomic E-state index is -0.148. The summed E-state index contributed by atoms with van der Waals surface area (Å²) in [5.74, 6) is 0.437. The summed E-state index contributed by atoms with van der Waals surface area (Å²) in [5, 5.41) is 0. The Bertz CT molecular complexity index is 859. The predicted molar refractivity (Wildman–Crippen MR) is 96.7 cm³/mol. The predicted octanol–water partition coefficient (Wildman–Crippen LogP) is 2.33. The number of nitrogens with zero attached hydrogens (tertiary/aromatic N) is 2. The molecule has 2 aliphatic heterocycles. The van der Waals surface area contributed by atoms with Crippen molar-refractivity contribution in [2.45, 2.75) is 6.54 Å². The smallest absolute Gasteiger partial charge is 0.259 e. The summed E-state index contributed by atoms with van der Waals surface area (Å²) >= 11 is 0. The normalized spacial score (nSPS) is 16.6. The van der Waals surface area contributed by atoms with Gasteiger partial charge in [-0.05, 0) is 23.8 Å². The third-order valence-electron chi connectivity index (χ3n) is 4.83. The molecule has 2 aliphatic rings. The first-order chi connectivity index (χ1) is 12.7. The number of ether oxygens (including phenoxy) is 2. The van der Waals surface area contributed by atoms with Gasteiger partial charge in [0.1, 0.15) is 5.75 Å². The molecule has 6 nitrogen and oxygen atoms in total. The molecule has 0 radical (unpaired) electrons. The van der Waals surface area contributed by atoms with E-state index in [1.54, 1.807) is 23.0 Å². The fourth-order valence-electron chi connectivity index (χ4n) is 3.46. The van der Waals surface area contributed by atoms with Gasteiger partial charge in [0.25, 0.3) is 11.8 Å². The number of morpholine rings is 1. The highest BCUT2D eigenvalue weighted by Gasteiger charge is 2.34. The molecule has 1 fully saturated rings. The van der Waals surface area contributed by atoms with E-state index in [2.05, 4.69) is 0 Å². The van der Waals surface area contributed by atoms with Crippen LogP contribution in [0.4, 0.5) is 5.69 Å². The third kappa shape index (κ3) is 2.82. The number of carbonyl (C=O) groups is 2. The highest BCUT2D eigenvalue weighted by atomic mass is 16.5. The Labute approximate surface area is 151 Å². The van der Waals surface area contributed by atoms with Crippen LogP contribution in [0.15, 0.2) is 42.5 Å². The maximum absolute atomic E-state index is 13.1. The summed E-state index contributed by atoms with van der Waals surface area (Å²) in [7, 11) is 1.60. The molecule has 0 spiro atoms. The lowest BCUT2D eigenvalue weighted by Gasteiger charge is -2.27. The lowest BCUT2D eigenvalue weighted by atomic mass is 10.0. The molecule has 0 aromatic heterocycles. The van der Waals surface area contributed by atoms with E-state index in [9.17, 15) is 9.59 Å². The first kappa shape index (κ1) is 16.6. The quantitative estimate of drug-likeness (QED) is 0.851. The molecule has 0 saturated carbocycles. The number of anilines is 1. The Hall–Kier alpha value is -2.86. The summed E-state index contributed by atoms with van der Waals surface area (Å²) in [4.78, 5) is 29.5. The molecule has 2 amide bonds. The average molecular weight is 352 g/mol. The highest BCUT2D eigenvalue weighted by molar-refractivity contribution is 6.16. The molecule has 0 unspecified atom stereocenters. The van der Waals surface area contributed by atoms with E-state index in [1.807, 2.05) is 36.4 Å². The van der Waals surface area contributed by atoms with Crippen LogP contribution >= 0.6 is 0 Å². The number of rotatable bonds is 3. The molecule has 0 N–H and O–H groups in total. The Kier molecular flexibility index (Phi) is 4.34.